The first-order valence-electron chi connectivity index (χ1n) is 3.99. The van der Waals surface area contributed by atoms with Crippen molar-refractivity contribution in [3.8, 4) is 0 Å². The van der Waals surface area contributed by atoms with Gasteiger partial charge in [-0.15, -0.1) is 11.3 Å². The van der Waals surface area contributed by atoms with Crippen molar-refractivity contribution in [1.29, 1.82) is 0 Å². The largest absolute Gasteiger partial charge is 0.340 e. The molecule has 1 aromatic heterocycles. The Balaban J connectivity index is 1.94. The molecule has 0 spiro atoms. The van der Waals surface area contributed by atoms with Crippen LogP contribution in [0.2, 0.25) is 0 Å². The molecule has 0 radical (unpaired) electrons. The Hall–Kier alpha value is -0.740. The summed E-state index contributed by atoms with van der Waals surface area (Å²) in [5, 5.41) is 4.99. The van der Waals surface area contributed by atoms with Gasteiger partial charge in [0.25, 0.3) is 5.24 Å². The first-order valence-corrected chi connectivity index (χ1v) is 5.86. The first kappa shape index (κ1) is 8.84. The van der Waals surface area contributed by atoms with Crippen molar-refractivity contribution in [3.63, 3.8) is 0 Å². The van der Waals surface area contributed by atoms with Gasteiger partial charge in [0.2, 0.25) is 0 Å². The standard InChI is InChI=1S/C9H9NOS2/c11-9-10-7(6-13-9)3-4-8-2-1-5-12-8/h1-5,7H,6H2,(H,10,11)/b4-3+/t7-/m1/s1. The molecule has 0 aromatic carbocycles. The van der Waals surface area contributed by atoms with Crippen molar-refractivity contribution in [3.05, 3.63) is 28.5 Å². The molecule has 4 heteroatoms. The number of hydrogen-bond donors (Lipinski definition) is 1. The van der Waals surface area contributed by atoms with Gasteiger partial charge >= 0.3 is 0 Å². The van der Waals surface area contributed by atoms with Crippen molar-refractivity contribution < 1.29 is 4.79 Å². The van der Waals surface area contributed by atoms with Crippen LogP contribution in [0.4, 0.5) is 4.79 Å². The van der Waals surface area contributed by atoms with Gasteiger partial charge < -0.3 is 5.32 Å². The minimum Gasteiger partial charge on any atom is -0.340 e. The fourth-order valence-corrected chi connectivity index (χ4v) is 2.49. The van der Waals surface area contributed by atoms with E-state index in [0.717, 1.165) is 5.75 Å². The maximum Gasteiger partial charge on any atom is 0.279 e. The lowest BCUT2D eigenvalue weighted by atomic mass is 10.3. The highest BCUT2D eigenvalue weighted by Gasteiger charge is 2.18. The summed E-state index contributed by atoms with van der Waals surface area (Å²) in [5.74, 6) is 0.848. The third-order valence-electron chi connectivity index (χ3n) is 1.73. The molecule has 0 unspecified atom stereocenters. The molecule has 0 saturated carbocycles. The molecule has 0 bridgehead atoms. The summed E-state index contributed by atoms with van der Waals surface area (Å²) < 4.78 is 0. The molecule has 68 valence electrons. The molecule has 2 heterocycles. The van der Waals surface area contributed by atoms with Crippen LogP contribution in [0.15, 0.2) is 23.6 Å². The third kappa shape index (κ3) is 2.35. The molecule has 1 amide bonds. The van der Waals surface area contributed by atoms with E-state index < -0.39 is 0 Å². The Morgan fingerprint density at radius 3 is 3.15 bits per heavy atom. The zero-order valence-corrected chi connectivity index (χ0v) is 8.53. The number of nitrogens with one attached hydrogen (secondary N) is 1. The van der Waals surface area contributed by atoms with E-state index in [-0.39, 0.29) is 11.3 Å². The lowest BCUT2D eigenvalue weighted by Gasteiger charge is -1.99. The van der Waals surface area contributed by atoms with E-state index in [0.29, 0.717) is 0 Å². The van der Waals surface area contributed by atoms with E-state index in [4.69, 9.17) is 0 Å². The van der Waals surface area contributed by atoms with Crippen LogP contribution in [0, 0.1) is 0 Å². The molecule has 1 fully saturated rings. The smallest absolute Gasteiger partial charge is 0.279 e. The molecule has 1 aromatic rings. The lowest BCUT2D eigenvalue weighted by Crippen LogP contribution is -2.23. The predicted octanol–water partition coefficient (Wildman–Crippen LogP) is 2.59. The Morgan fingerprint density at radius 2 is 2.54 bits per heavy atom. The van der Waals surface area contributed by atoms with Crippen molar-refractivity contribution in [1.82, 2.24) is 5.32 Å². The van der Waals surface area contributed by atoms with Gasteiger partial charge in [-0.25, -0.2) is 0 Å². The van der Waals surface area contributed by atoms with E-state index in [1.807, 2.05) is 17.5 Å². The predicted molar refractivity (Wildman–Crippen MR) is 58.1 cm³/mol. The second-order valence-electron chi connectivity index (χ2n) is 2.72. The van der Waals surface area contributed by atoms with Gasteiger partial charge in [-0.3, -0.25) is 4.79 Å². The van der Waals surface area contributed by atoms with Crippen molar-refractivity contribution in [2.24, 2.45) is 0 Å². The zero-order valence-electron chi connectivity index (χ0n) is 6.90. The van der Waals surface area contributed by atoms with Crippen molar-refractivity contribution in [2.45, 2.75) is 6.04 Å². The van der Waals surface area contributed by atoms with E-state index in [1.54, 1.807) is 11.3 Å². The van der Waals surface area contributed by atoms with Gasteiger partial charge in [0.05, 0.1) is 6.04 Å². The summed E-state index contributed by atoms with van der Waals surface area (Å²) in [5.41, 5.74) is 0. The summed E-state index contributed by atoms with van der Waals surface area (Å²) in [6, 6.07) is 4.29. The van der Waals surface area contributed by atoms with Gasteiger partial charge in [-0.1, -0.05) is 23.9 Å². The van der Waals surface area contributed by atoms with Gasteiger partial charge in [-0.2, -0.15) is 0 Å². The quantitative estimate of drug-likeness (QED) is 0.814. The van der Waals surface area contributed by atoms with Crippen LogP contribution in [-0.4, -0.2) is 17.0 Å². The maximum atomic E-state index is 10.8. The molecule has 13 heavy (non-hydrogen) atoms. The highest BCUT2D eigenvalue weighted by molar-refractivity contribution is 8.14. The minimum atomic E-state index is 0.0841. The third-order valence-corrected chi connectivity index (χ3v) is 3.48. The number of thiophene rings is 1. The molecule has 2 rings (SSSR count). The van der Waals surface area contributed by atoms with E-state index in [1.165, 1.54) is 16.6 Å². The average molecular weight is 211 g/mol. The molecule has 1 saturated heterocycles. The van der Waals surface area contributed by atoms with Crippen LogP contribution >= 0.6 is 23.1 Å². The molecule has 0 aliphatic carbocycles. The van der Waals surface area contributed by atoms with Gasteiger partial charge in [0.15, 0.2) is 0 Å². The SMILES string of the molecule is O=C1N[C@H](/C=C/c2cccs2)CS1. The lowest BCUT2D eigenvalue weighted by molar-refractivity contribution is 0.261. The maximum absolute atomic E-state index is 10.8. The monoisotopic (exact) mass is 211 g/mol. The van der Waals surface area contributed by atoms with Gasteiger partial charge in [0.1, 0.15) is 0 Å². The highest BCUT2D eigenvalue weighted by atomic mass is 32.2. The Labute approximate surface area is 85.0 Å². The number of amides is 1. The fourth-order valence-electron chi connectivity index (χ4n) is 1.10. The van der Waals surface area contributed by atoms with Crippen molar-refractivity contribution >= 4 is 34.4 Å². The molecule has 1 aliphatic heterocycles. The molecular weight excluding hydrogens is 202 g/mol. The van der Waals surface area contributed by atoms with Gasteiger partial charge in [0, 0.05) is 10.6 Å². The van der Waals surface area contributed by atoms with Crippen LogP contribution in [0.5, 0.6) is 0 Å². The second kappa shape index (κ2) is 3.98. The fraction of sp³-hybridized carbons (Fsp3) is 0.222. The number of hydrogen-bond acceptors (Lipinski definition) is 3. The van der Waals surface area contributed by atoms with Crippen molar-refractivity contribution in [2.75, 3.05) is 5.75 Å². The first-order chi connectivity index (χ1) is 6.34. The summed E-state index contributed by atoms with van der Waals surface area (Å²) in [7, 11) is 0. The molecule has 1 aliphatic rings. The number of carbonyl (C=O) groups is 1. The number of rotatable bonds is 2. The summed E-state index contributed by atoms with van der Waals surface area (Å²) in [6.07, 6.45) is 4.10. The number of carbonyl (C=O) groups excluding carboxylic acids is 1. The zero-order chi connectivity index (χ0) is 9.10. The van der Waals surface area contributed by atoms with Crippen LogP contribution in [0.3, 0.4) is 0 Å². The summed E-state index contributed by atoms with van der Waals surface area (Å²) >= 11 is 3.05. The minimum absolute atomic E-state index is 0.0841. The summed E-state index contributed by atoms with van der Waals surface area (Å²) in [6.45, 7) is 0. The van der Waals surface area contributed by atoms with E-state index in [9.17, 15) is 4.79 Å². The highest BCUT2D eigenvalue weighted by Crippen LogP contribution is 2.16. The van der Waals surface area contributed by atoms with Gasteiger partial charge in [-0.05, 0) is 17.5 Å². The number of thioether (sulfide) groups is 1. The molecule has 1 atom stereocenters. The van der Waals surface area contributed by atoms with Crippen LogP contribution in [0.25, 0.3) is 6.08 Å². The Morgan fingerprint density at radius 1 is 1.62 bits per heavy atom. The average Bonchev–Trinajstić information content (AvgIpc) is 2.71. The van der Waals surface area contributed by atoms with Crippen LogP contribution in [-0.2, 0) is 0 Å². The Kier molecular flexibility index (Phi) is 2.71. The van der Waals surface area contributed by atoms with E-state index in [2.05, 4.69) is 17.5 Å². The molecule has 1 N–H and O–H groups in total. The Bertz CT molecular complexity index is 318. The second-order valence-corrected chi connectivity index (χ2v) is 4.70. The van der Waals surface area contributed by atoms with Crippen LogP contribution in [0.1, 0.15) is 4.88 Å². The normalized spacial score (nSPS) is 22.5. The molecular formula is C9H9NOS2. The van der Waals surface area contributed by atoms with Crippen LogP contribution < -0.4 is 5.32 Å². The topological polar surface area (TPSA) is 29.1 Å². The summed E-state index contributed by atoms with van der Waals surface area (Å²) in [4.78, 5) is 12.1. The van der Waals surface area contributed by atoms with E-state index >= 15 is 0 Å². The molecule has 2 nitrogen and oxygen atoms in total.